The molecule has 5 aromatic rings. The first-order chi connectivity index (χ1) is 37.6. The van der Waals surface area contributed by atoms with Crippen molar-refractivity contribution in [2.24, 2.45) is 5.41 Å². The number of sulfonamides is 1. The van der Waals surface area contributed by atoms with Crippen LogP contribution >= 0.6 is 11.6 Å². The number of unbranched alkanes of at least 4 members (excludes halogenated alkanes) is 2. The second-order valence-electron chi connectivity index (χ2n) is 21.0. The van der Waals surface area contributed by atoms with Crippen LogP contribution in [0, 0.1) is 5.41 Å². The predicted octanol–water partition coefficient (Wildman–Crippen LogP) is 9.67. The minimum Gasteiger partial charge on any atom is -0.466 e. The molecule has 3 aromatic carbocycles. The zero-order valence-corrected chi connectivity index (χ0v) is 47.1. The molecule has 2 aromatic heterocycles. The van der Waals surface area contributed by atoms with Crippen LogP contribution in [0.5, 0.6) is 11.5 Å². The van der Waals surface area contributed by atoms with E-state index in [4.69, 9.17) is 21.1 Å². The maximum absolute atomic E-state index is 14.2. The summed E-state index contributed by atoms with van der Waals surface area (Å²) in [4.78, 5) is 52.0. The number of sulfone groups is 1. The Kier molecular flexibility index (Phi) is 19.0. The first-order valence-corrected chi connectivity index (χ1v) is 30.0. The Hall–Kier alpha value is -6.20. The number of ether oxygens (including phenoxy) is 2. The quantitative estimate of drug-likeness (QED) is 0.0436. The van der Waals surface area contributed by atoms with Crippen LogP contribution in [0.1, 0.15) is 94.5 Å². The lowest BCUT2D eigenvalue weighted by Gasteiger charge is -2.39. The second kappa shape index (κ2) is 25.5. The molecule has 0 atom stereocenters. The maximum atomic E-state index is 14.2. The molecule has 0 unspecified atom stereocenters. The van der Waals surface area contributed by atoms with Crippen LogP contribution in [0.3, 0.4) is 0 Å². The van der Waals surface area contributed by atoms with E-state index in [-0.39, 0.29) is 40.9 Å². The molecule has 0 radical (unpaired) electrons. The third-order valence-corrected chi connectivity index (χ3v) is 17.8. The number of pyridine rings is 1. The number of piperazine rings is 2. The van der Waals surface area contributed by atoms with Crippen molar-refractivity contribution in [2.45, 2.75) is 93.9 Å². The van der Waals surface area contributed by atoms with E-state index < -0.39 is 46.8 Å². The lowest BCUT2D eigenvalue weighted by atomic mass is 9.72. The van der Waals surface area contributed by atoms with E-state index in [1.54, 1.807) is 42.3 Å². The number of hydrogen-bond donors (Lipinski definition) is 3. The monoisotopic (exact) mass is 1150 g/mol. The molecule has 0 bridgehead atoms. The van der Waals surface area contributed by atoms with Crippen LogP contribution in [0.25, 0.3) is 16.6 Å². The zero-order chi connectivity index (χ0) is 56.5. The molecule has 0 saturated carbocycles. The summed E-state index contributed by atoms with van der Waals surface area (Å²) in [6.45, 7) is 12.8. The van der Waals surface area contributed by atoms with E-state index in [0.717, 1.165) is 57.5 Å². The molecule has 3 aliphatic rings. The normalized spacial score (nSPS) is 16.7. The Morgan fingerprint density at radius 3 is 2.28 bits per heavy atom. The molecule has 2 fully saturated rings. The Balaban J connectivity index is 0.924. The number of halogens is 4. The number of allylic oxidation sites excluding steroid dienone is 1. The van der Waals surface area contributed by atoms with Gasteiger partial charge in [-0.25, -0.2) is 26.5 Å². The molecular weight excluding hydrogens is 1090 g/mol. The van der Waals surface area contributed by atoms with Gasteiger partial charge in [0.15, 0.2) is 0 Å². The lowest BCUT2D eigenvalue weighted by Crippen LogP contribution is -2.48. The molecule has 2 aliphatic heterocycles. The van der Waals surface area contributed by atoms with Gasteiger partial charge >= 0.3 is 11.5 Å². The molecule has 426 valence electrons. The Morgan fingerprint density at radius 2 is 1.56 bits per heavy atom. The number of carbonyl (C=O) groups excluding carboxylic acids is 3. The lowest BCUT2D eigenvalue weighted by molar-refractivity contribution is -0.143. The second-order valence-corrected chi connectivity index (χ2v) is 25.0. The van der Waals surface area contributed by atoms with Gasteiger partial charge < -0.3 is 29.6 Å². The summed E-state index contributed by atoms with van der Waals surface area (Å²) in [7, 11) is -11.1. The van der Waals surface area contributed by atoms with Crippen molar-refractivity contribution in [1.82, 2.24) is 29.4 Å². The Morgan fingerprint density at radius 1 is 0.835 bits per heavy atom. The summed E-state index contributed by atoms with van der Waals surface area (Å²) in [5.74, 6) is -1.21. The summed E-state index contributed by atoms with van der Waals surface area (Å²) in [5, 5.41) is 4.13. The highest BCUT2D eigenvalue weighted by Crippen LogP contribution is 2.44. The predicted molar refractivity (Wildman–Crippen MR) is 297 cm³/mol. The van der Waals surface area contributed by atoms with Gasteiger partial charge in [-0.15, -0.1) is 0 Å². The molecular formula is C56H68ClF3N8O9S2. The number of alkyl halides is 3. The number of hydrogen-bond acceptors (Lipinski definition) is 14. The van der Waals surface area contributed by atoms with Crippen molar-refractivity contribution in [2.75, 3.05) is 88.8 Å². The first kappa shape index (κ1) is 58.9. The summed E-state index contributed by atoms with van der Waals surface area (Å²) in [5.41, 5.74) is -1.10. The van der Waals surface area contributed by atoms with Crippen molar-refractivity contribution in [3.05, 3.63) is 107 Å². The molecule has 1 aliphatic carbocycles. The van der Waals surface area contributed by atoms with Gasteiger partial charge in [0.2, 0.25) is 5.91 Å². The number of aromatic nitrogens is 2. The van der Waals surface area contributed by atoms with E-state index in [1.165, 1.54) is 29.0 Å². The van der Waals surface area contributed by atoms with E-state index in [0.29, 0.717) is 112 Å². The maximum Gasteiger partial charge on any atom is 0.501 e. The van der Waals surface area contributed by atoms with Gasteiger partial charge in [0, 0.05) is 107 Å². The van der Waals surface area contributed by atoms with Crippen LogP contribution in [0.4, 0.5) is 24.5 Å². The molecule has 8 rings (SSSR count). The van der Waals surface area contributed by atoms with E-state index in [9.17, 15) is 44.4 Å². The average molecular weight is 1150 g/mol. The number of rotatable bonds is 22. The number of esters is 1. The highest BCUT2D eigenvalue weighted by molar-refractivity contribution is 7.92. The summed E-state index contributed by atoms with van der Waals surface area (Å²) in [6, 6.07) is 18.4. The molecule has 17 nitrogen and oxygen atoms in total. The van der Waals surface area contributed by atoms with Crippen LogP contribution in [-0.2, 0) is 34.2 Å². The SMILES string of the molecule is CCOC(=O)CCCCCC(=O)N1CCN(CCCNc2ccc(S(=O)(=O)NC(=O)c3ccc(N4CCN(CC5=C(c6ccc(Cl)cc6)CC(C)(C)CC5)CC4)cc3Oc3cnc4[nH]ccc4c3)cc2S(=O)(=O)C(F)(F)F)CC1. The largest absolute Gasteiger partial charge is 0.501 e. The van der Waals surface area contributed by atoms with E-state index in [1.807, 2.05) is 16.9 Å². The van der Waals surface area contributed by atoms with Gasteiger partial charge in [0.25, 0.3) is 25.8 Å². The first-order valence-electron chi connectivity index (χ1n) is 26.7. The molecule has 4 heterocycles. The summed E-state index contributed by atoms with van der Waals surface area (Å²) in [6.07, 6.45) is 9.24. The number of carbonyl (C=O) groups is 3. The van der Waals surface area contributed by atoms with Crippen molar-refractivity contribution in [3.63, 3.8) is 0 Å². The molecule has 79 heavy (non-hydrogen) atoms. The van der Waals surface area contributed by atoms with E-state index in [2.05, 4.69) is 56.0 Å². The van der Waals surface area contributed by atoms with Crippen LogP contribution < -0.4 is 19.7 Å². The minimum absolute atomic E-state index is 0.0199. The number of amides is 2. The number of nitrogens with one attached hydrogen (secondary N) is 3. The van der Waals surface area contributed by atoms with Crippen molar-refractivity contribution < 1.29 is 53.9 Å². The number of benzene rings is 3. The van der Waals surface area contributed by atoms with Gasteiger partial charge in [-0.2, -0.15) is 13.2 Å². The van der Waals surface area contributed by atoms with Crippen LogP contribution in [0.2, 0.25) is 5.02 Å². The Bertz CT molecular complexity index is 3250. The average Bonchev–Trinajstić information content (AvgIpc) is 4.02. The van der Waals surface area contributed by atoms with Crippen molar-refractivity contribution in [1.29, 1.82) is 0 Å². The number of anilines is 2. The number of nitrogens with zero attached hydrogens (tertiary/aromatic N) is 5. The van der Waals surface area contributed by atoms with Gasteiger partial charge in [0.05, 0.1) is 29.0 Å². The standard InChI is InChI=1S/C56H68ClF3N8O9S2/c1-4-76-52(70)10-7-5-6-9-51(69)68-31-25-65(26-32-68)24-8-22-61-48-18-16-45(35-50(48)78(72,73)56(58,59)60)79(74,75)64-54(71)46-17-15-43(34-49(46)77-44-33-40-20-23-62-53(40)63-37-44)67-29-27-66(28-30-67)38-41-19-21-55(2,3)36-47(41)39-11-13-42(57)14-12-39/h11-18,20,23,33-35,37,61H,4-10,19,21-22,24-32,36,38H2,1-3H3,(H,62,63)(H,64,71). The van der Waals surface area contributed by atoms with Crippen molar-refractivity contribution >= 4 is 77.2 Å². The summed E-state index contributed by atoms with van der Waals surface area (Å²) < 4.78 is 110. The minimum atomic E-state index is -6.11. The molecule has 2 saturated heterocycles. The fourth-order valence-corrected chi connectivity index (χ4v) is 12.4. The van der Waals surface area contributed by atoms with Gasteiger partial charge in [-0.1, -0.05) is 49.6 Å². The third kappa shape index (κ3) is 15.2. The topological polar surface area (TPSA) is 204 Å². The van der Waals surface area contributed by atoms with Gasteiger partial charge in [-0.05, 0) is 123 Å². The zero-order valence-electron chi connectivity index (χ0n) is 44.7. The smallest absolute Gasteiger partial charge is 0.466 e. The number of fused-ring (bicyclic) bond motifs is 1. The fourth-order valence-electron chi connectivity index (χ4n) is 10.2. The molecule has 3 N–H and O–H groups in total. The van der Waals surface area contributed by atoms with E-state index >= 15 is 0 Å². The third-order valence-electron chi connectivity index (χ3n) is 14.7. The van der Waals surface area contributed by atoms with Gasteiger partial charge in [0.1, 0.15) is 22.0 Å². The number of H-pyrrole nitrogens is 1. The van der Waals surface area contributed by atoms with Crippen molar-refractivity contribution in [3.8, 4) is 11.5 Å². The molecule has 23 heteroatoms. The highest BCUT2D eigenvalue weighted by atomic mass is 35.5. The fraction of sp³-hybridized carbons (Fsp3) is 0.464. The van der Waals surface area contributed by atoms with Crippen LogP contribution in [-0.4, -0.2) is 143 Å². The number of aromatic amines is 1. The highest BCUT2D eigenvalue weighted by Gasteiger charge is 2.48. The Labute approximate surface area is 464 Å². The summed E-state index contributed by atoms with van der Waals surface area (Å²) >= 11 is 6.25. The molecule has 0 spiro atoms. The van der Waals surface area contributed by atoms with Crippen LogP contribution in [0.15, 0.2) is 101 Å². The molecule has 2 amide bonds. The van der Waals surface area contributed by atoms with Gasteiger partial charge in [-0.3, -0.25) is 24.2 Å².